The third-order valence-electron chi connectivity index (χ3n) is 2.37. The Morgan fingerprint density at radius 3 is 2.15 bits per heavy atom. The third-order valence-corrected chi connectivity index (χ3v) is 3.12. The van der Waals surface area contributed by atoms with E-state index >= 15 is 0 Å². The van der Waals surface area contributed by atoms with Gasteiger partial charge in [-0.15, -0.1) is 19.0 Å². The van der Waals surface area contributed by atoms with Gasteiger partial charge >= 0.3 is 6.29 Å². The Morgan fingerprint density at radius 2 is 1.65 bits per heavy atom. The number of aromatic nitrogens is 2. The van der Waals surface area contributed by atoms with Crippen LogP contribution in [0.5, 0.6) is 11.5 Å². The highest BCUT2D eigenvalue weighted by Crippen LogP contribution is 2.40. The maximum Gasteiger partial charge on any atom is 0.586 e. The van der Waals surface area contributed by atoms with Crippen LogP contribution in [0.1, 0.15) is 45.2 Å². The quantitative estimate of drug-likeness (QED) is 0.728. The molecule has 1 aromatic carbocycles. The average Bonchev–Trinajstić information content (AvgIpc) is 3.12. The Labute approximate surface area is 156 Å². The van der Waals surface area contributed by atoms with Crippen molar-refractivity contribution in [2.75, 3.05) is 5.32 Å². The first kappa shape index (κ1) is 23.7. The fraction of sp³-hybridized carbons (Fsp3) is 0.471. The number of aryl methyl sites for hydroxylation is 2. The molecule has 0 bridgehead atoms. The number of ether oxygens (including phenoxy) is 2. The second-order valence-corrected chi connectivity index (χ2v) is 5.61. The second-order valence-electron chi connectivity index (χ2n) is 4.43. The minimum Gasteiger partial charge on any atom is -0.395 e. The molecule has 3 rings (SSSR count). The molecule has 0 radical (unpaired) electrons. The zero-order chi connectivity index (χ0) is 20.3. The van der Waals surface area contributed by atoms with Crippen LogP contribution >= 0.6 is 11.3 Å². The highest BCUT2D eigenvalue weighted by molar-refractivity contribution is 7.15. The Morgan fingerprint density at radius 1 is 1.08 bits per heavy atom. The van der Waals surface area contributed by atoms with E-state index in [1.54, 1.807) is 13.0 Å². The molecule has 146 valence electrons. The summed E-state index contributed by atoms with van der Waals surface area (Å²) in [7, 11) is 0. The molecule has 6 nitrogen and oxygen atoms in total. The van der Waals surface area contributed by atoms with Crippen LogP contribution < -0.4 is 14.8 Å². The van der Waals surface area contributed by atoms with Gasteiger partial charge in [0.2, 0.25) is 11.0 Å². The molecule has 0 saturated carbocycles. The highest BCUT2D eigenvalue weighted by Gasteiger charge is 2.43. The summed E-state index contributed by atoms with van der Waals surface area (Å²) >= 11 is 1.36. The molecule has 0 unspecified atom stereocenters. The molecule has 1 N–H and O–H groups in total. The lowest BCUT2D eigenvalue weighted by Crippen LogP contribution is -2.25. The molecule has 1 amide bonds. The van der Waals surface area contributed by atoms with Crippen molar-refractivity contribution in [2.45, 2.75) is 54.8 Å². The van der Waals surface area contributed by atoms with Crippen LogP contribution in [-0.4, -0.2) is 22.4 Å². The Bertz CT molecular complexity index is 694. The number of halogens is 2. The molecule has 2 heterocycles. The van der Waals surface area contributed by atoms with E-state index in [2.05, 4.69) is 25.0 Å². The zero-order valence-electron chi connectivity index (χ0n) is 16.0. The summed E-state index contributed by atoms with van der Waals surface area (Å²) in [6.07, 6.45) is -3.50. The van der Waals surface area contributed by atoms with Gasteiger partial charge in [-0.2, -0.15) is 0 Å². The van der Waals surface area contributed by atoms with Crippen molar-refractivity contribution in [1.82, 2.24) is 10.2 Å². The van der Waals surface area contributed by atoms with Crippen molar-refractivity contribution >= 4 is 22.4 Å². The van der Waals surface area contributed by atoms with Crippen molar-refractivity contribution in [3.8, 4) is 11.5 Å². The second kappa shape index (κ2) is 11.3. The van der Waals surface area contributed by atoms with Crippen molar-refractivity contribution < 1.29 is 23.0 Å². The van der Waals surface area contributed by atoms with Crippen LogP contribution in [0.4, 0.5) is 13.9 Å². The fourth-order valence-corrected chi connectivity index (χ4v) is 2.19. The summed E-state index contributed by atoms with van der Waals surface area (Å²) in [5, 5.41) is 11.4. The Kier molecular flexibility index (Phi) is 10.3. The van der Waals surface area contributed by atoms with Gasteiger partial charge in [0.05, 0.1) is 0 Å². The number of carbonyl (C=O) groups is 1. The van der Waals surface area contributed by atoms with Gasteiger partial charge in [0.1, 0.15) is 5.01 Å². The fourth-order valence-electron chi connectivity index (χ4n) is 1.55. The van der Waals surface area contributed by atoms with E-state index < -0.39 is 6.29 Å². The standard InChI is InChI=1S/C8H6F2O2.C5H7N3OS.2C2H6/c1-5-2-3-6-7(4-5)12-8(9,10)11-6;1-3(9)6-5-8-7-4(2)10-5;2*1-2/h2-4H,1H3;1-2H3,(H,6,8,9);2*1-2H3. The van der Waals surface area contributed by atoms with E-state index in [4.69, 9.17) is 0 Å². The van der Waals surface area contributed by atoms with Crippen LogP contribution in [-0.2, 0) is 4.79 Å². The number of hydrogen-bond acceptors (Lipinski definition) is 6. The van der Waals surface area contributed by atoms with Crippen LogP contribution in [0, 0.1) is 13.8 Å². The predicted molar refractivity (Wildman–Crippen MR) is 99.0 cm³/mol. The number of rotatable bonds is 1. The molecule has 26 heavy (non-hydrogen) atoms. The number of carbonyl (C=O) groups excluding carboxylic acids is 1. The molecule has 9 heteroatoms. The highest BCUT2D eigenvalue weighted by atomic mass is 32.1. The number of amides is 1. The number of fused-ring (bicyclic) bond motifs is 1. The number of benzene rings is 1. The summed E-state index contributed by atoms with van der Waals surface area (Å²) in [4.78, 5) is 10.5. The lowest BCUT2D eigenvalue weighted by atomic mass is 10.2. The van der Waals surface area contributed by atoms with Gasteiger partial charge in [-0.05, 0) is 31.5 Å². The molecule has 1 aromatic heterocycles. The third kappa shape index (κ3) is 8.19. The number of nitrogens with zero attached hydrogens (tertiary/aromatic N) is 2. The van der Waals surface area contributed by atoms with E-state index in [9.17, 15) is 13.6 Å². The van der Waals surface area contributed by atoms with Gasteiger partial charge in [0.25, 0.3) is 0 Å². The smallest absolute Gasteiger partial charge is 0.395 e. The summed E-state index contributed by atoms with van der Waals surface area (Å²) in [6.45, 7) is 13.1. The van der Waals surface area contributed by atoms with Gasteiger partial charge in [-0.25, -0.2) is 0 Å². The molecule has 0 aliphatic carbocycles. The lowest BCUT2D eigenvalue weighted by Gasteiger charge is -2.04. The van der Waals surface area contributed by atoms with Gasteiger partial charge in [0.15, 0.2) is 11.5 Å². The van der Waals surface area contributed by atoms with Crippen molar-refractivity contribution in [1.29, 1.82) is 0 Å². The minimum atomic E-state index is -3.50. The van der Waals surface area contributed by atoms with Gasteiger partial charge in [-0.3, -0.25) is 4.79 Å². The molecule has 0 saturated heterocycles. The first-order valence-electron chi connectivity index (χ1n) is 8.19. The van der Waals surface area contributed by atoms with Crippen LogP contribution in [0.15, 0.2) is 18.2 Å². The molecule has 0 atom stereocenters. The first-order valence-corrected chi connectivity index (χ1v) is 9.01. The van der Waals surface area contributed by atoms with Crippen molar-refractivity contribution in [3.05, 3.63) is 28.8 Å². The van der Waals surface area contributed by atoms with Crippen LogP contribution in [0.3, 0.4) is 0 Å². The van der Waals surface area contributed by atoms with Crippen molar-refractivity contribution in [3.63, 3.8) is 0 Å². The number of hydrogen-bond donors (Lipinski definition) is 1. The number of nitrogens with one attached hydrogen (secondary N) is 1. The predicted octanol–water partition coefficient (Wildman–Crippen LogP) is 5.17. The van der Waals surface area contributed by atoms with Gasteiger partial charge < -0.3 is 14.8 Å². The van der Waals surface area contributed by atoms with E-state index in [0.717, 1.165) is 10.6 Å². The average molecular weight is 389 g/mol. The largest absolute Gasteiger partial charge is 0.586 e. The van der Waals surface area contributed by atoms with E-state index in [0.29, 0.717) is 5.13 Å². The number of anilines is 1. The molecule has 1 aliphatic heterocycles. The van der Waals surface area contributed by atoms with Gasteiger partial charge in [0, 0.05) is 6.92 Å². The van der Waals surface area contributed by atoms with Gasteiger partial charge in [-0.1, -0.05) is 45.1 Å². The molecule has 1 aliphatic rings. The monoisotopic (exact) mass is 389 g/mol. The number of alkyl halides is 2. The SMILES string of the molecule is CC.CC.CC(=O)Nc1nnc(C)s1.Cc1ccc2c(c1)OC(F)(F)O2. The molecular weight excluding hydrogens is 364 g/mol. The van der Waals surface area contributed by atoms with E-state index in [1.807, 2.05) is 34.6 Å². The topological polar surface area (TPSA) is 73.3 Å². The summed E-state index contributed by atoms with van der Waals surface area (Å²) < 4.78 is 33.3. The molecule has 2 aromatic rings. The zero-order valence-corrected chi connectivity index (χ0v) is 16.8. The summed E-state index contributed by atoms with van der Waals surface area (Å²) in [6, 6.07) is 4.66. The Balaban J connectivity index is 0.000000409. The first-order chi connectivity index (χ1) is 12.2. The molecule has 0 spiro atoms. The van der Waals surface area contributed by atoms with E-state index in [-0.39, 0.29) is 17.4 Å². The Hall–Kier alpha value is -2.29. The maximum atomic E-state index is 12.4. The van der Waals surface area contributed by atoms with E-state index in [1.165, 1.54) is 30.4 Å². The lowest BCUT2D eigenvalue weighted by molar-refractivity contribution is -0.286. The minimum absolute atomic E-state index is 0.0885. The maximum absolute atomic E-state index is 12.4. The summed E-state index contributed by atoms with van der Waals surface area (Å²) in [5.41, 5.74) is 0.857. The van der Waals surface area contributed by atoms with Crippen molar-refractivity contribution in [2.24, 2.45) is 0 Å². The van der Waals surface area contributed by atoms with Crippen LogP contribution in [0.25, 0.3) is 0 Å². The molecular formula is C17H25F2N3O3S. The normalized spacial score (nSPS) is 12.3. The summed E-state index contributed by atoms with van der Waals surface area (Å²) in [5.74, 6) is 0.0711. The van der Waals surface area contributed by atoms with Crippen LogP contribution in [0.2, 0.25) is 0 Å². The molecule has 0 fully saturated rings.